The number of amides is 1. The molecule has 0 aliphatic rings. The van der Waals surface area contributed by atoms with E-state index >= 15 is 0 Å². The fraction of sp³-hybridized carbons (Fsp3) is 0.500. The number of carbonyl (C=O) groups excluding carboxylic acids is 1. The van der Waals surface area contributed by atoms with Gasteiger partial charge < -0.3 is 11.1 Å². The van der Waals surface area contributed by atoms with Crippen LogP contribution in [0.1, 0.15) is 12.1 Å². The molecule has 1 aromatic heterocycles. The van der Waals surface area contributed by atoms with Gasteiger partial charge in [0.1, 0.15) is 6.33 Å². The summed E-state index contributed by atoms with van der Waals surface area (Å²) in [5, 5.41) is 2.74. The van der Waals surface area contributed by atoms with Crippen LogP contribution in [0.3, 0.4) is 0 Å². The number of carbonyl (C=O) groups is 1. The van der Waals surface area contributed by atoms with Crippen molar-refractivity contribution in [3.63, 3.8) is 0 Å². The molecule has 0 unspecified atom stereocenters. The summed E-state index contributed by atoms with van der Waals surface area (Å²) >= 11 is 1.68. The molecule has 1 atom stereocenters. The Hall–Kier alpha value is -1.14. The van der Waals surface area contributed by atoms with Gasteiger partial charge >= 0.3 is 0 Å². The number of nitrogens with one attached hydrogen (secondary N) is 1. The topological polar surface area (TPSA) is 80.9 Å². The molecule has 0 aliphatic heterocycles. The molecule has 6 heteroatoms. The second-order valence-corrected chi connectivity index (χ2v) is 4.29. The largest absolute Gasteiger partial charge is 0.349 e. The Balaban J connectivity index is 2.29. The van der Waals surface area contributed by atoms with Gasteiger partial charge in [-0.15, -0.1) is 0 Å². The lowest BCUT2D eigenvalue weighted by Gasteiger charge is -2.10. The van der Waals surface area contributed by atoms with Crippen molar-refractivity contribution in [2.24, 2.45) is 5.73 Å². The molecule has 0 bridgehead atoms. The van der Waals surface area contributed by atoms with Gasteiger partial charge in [0.05, 0.1) is 18.3 Å². The first-order valence-electron chi connectivity index (χ1n) is 5.01. The van der Waals surface area contributed by atoms with Gasteiger partial charge in [-0.05, 0) is 24.5 Å². The van der Waals surface area contributed by atoms with Gasteiger partial charge in [0.15, 0.2) is 0 Å². The summed E-state index contributed by atoms with van der Waals surface area (Å²) in [6.45, 7) is 0.397. The van der Waals surface area contributed by atoms with E-state index in [0.29, 0.717) is 13.0 Å². The minimum Gasteiger partial charge on any atom is -0.349 e. The molecular weight excluding hydrogens is 224 g/mol. The molecule has 0 aromatic carbocycles. The Kier molecular flexibility index (Phi) is 5.81. The van der Waals surface area contributed by atoms with Gasteiger partial charge in [-0.3, -0.25) is 4.79 Å². The molecule has 0 saturated carbocycles. The first-order valence-corrected chi connectivity index (χ1v) is 6.40. The first kappa shape index (κ1) is 12.9. The molecule has 5 nitrogen and oxygen atoms in total. The lowest BCUT2D eigenvalue weighted by Crippen LogP contribution is -2.40. The van der Waals surface area contributed by atoms with E-state index in [9.17, 15) is 4.79 Å². The zero-order valence-corrected chi connectivity index (χ0v) is 10.0. The molecule has 1 aromatic rings. The number of nitrogens with zero attached hydrogens (tertiary/aromatic N) is 2. The van der Waals surface area contributed by atoms with Crippen LogP contribution < -0.4 is 11.1 Å². The SMILES string of the molecule is CSCC[C@H](N)C(=O)NCc1ccncn1. The highest BCUT2D eigenvalue weighted by Gasteiger charge is 2.12. The minimum atomic E-state index is -0.436. The third-order valence-corrected chi connectivity index (χ3v) is 2.70. The van der Waals surface area contributed by atoms with E-state index in [1.165, 1.54) is 6.33 Å². The van der Waals surface area contributed by atoms with Gasteiger partial charge in [-0.25, -0.2) is 9.97 Å². The van der Waals surface area contributed by atoms with Crippen molar-refractivity contribution in [2.75, 3.05) is 12.0 Å². The van der Waals surface area contributed by atoms with Crippen molar-refractivity contribution in [3.8, 4) is 0 Å². The van der Waals surface area contributed by atoms with Crippen molar-refractivity contribution in [1.29, 1.82) is 0 Å². The molecule has 1 amide bonds. The van der Waals surface area contributed by atoms with Crippen LogP contribution in [-0.4, -0.2) is 33.9 Å². The molecule has 88 valence electrons. The highest BCUT2D eigenvalue weighted by atomic mass is 32.2. The van der Waals surface area contributed by atoms with Crippen LogP contribution in [0.5, 0.6) is 0 Å². The molecule has 0 saturated heterocycles. The van der Waals surface area contributed by atoms with Crippen LogP contribution in [-0.2, 0) is 11.3 Å². The third kappa shape index (κ3) is 4.59. The number of nitrogens with two attached hydrogens (primary N) is 1. The van der Waals surface area contributed by atoms with Gasteiger partial charge in [0, 0.05) is 6.20 Å². The fourth-order valence-electron chi connectivity index (χ4n) is 1.11. The molecule has 0 aliphatic carbocycles. The van der Waals surface area contributed by atoms with E-state index < -0.39 is 6.04 Å². The lowest BCUT2D eigenvalue weighted by molar-refractivity contribution is -0.122. The van der Waals surface area contributed by atoms with E-state index in [0.717, 1.165) is 11.4 Å². The first-order chi connectivity index (χ1) is 7.74. The Labute approximate surface area is 99.2 Å². The number of rotatable bonds is 6. The monoisotopic (exact) mass is 240 g/mol. The minimum absolute atomic E-state index is 0.132. The average Bonchev–Trinajstić information content (AvgIpc) is 2.34. The normalized spacial score (nSPS) is 12.1. The van der Waals surface area contributed by atoms with Gasteiger partial charge in [0.2, 0.25) is 5.91 Å². The zero-order valence-electron chi connectivity index (χ0n) is 9.22. The smallest absolute Gasteiger partial charge is 0.237 e. The van der Waals surface area contributed by atoms with Gasteiger partial charge in [-0.2, -0.15) is 11.8 Å². The van der Waals surface area contributed by atoms with Crippen molar-refractivity contribution < 1.29 is 4.79 Å². The molecule has 1 heterocycles. The number of hydrogen-bond donors (Lipinski definition) is 2. The highest BCUT2D eigenvalue weighted by Crippen LogP contribution is 1.99. The zero-order chi connectivity index (χ0) is 11.8. The van der Waals surface area contributed by atoms with Crippen molar-refractivity contribution in [2.45, 2.75) is 19.0 Å². The fourth-order valence-corrected chi connectivity index (χ4v) is 1.60. The Morgan fingerprint density at radius 1 is 1.69 bits per heavy atom. The maximum absolute atomic E-state index is 11.5. The molecule has 0 radical (unpaired) electrons. The van der Waals surface area contributed by atoms with E-state index in [1.807, 2.05) is 6.26 Å². The van der Waals surface area contributed by atoms with Gasteiger partial charge in [0.25, 0.3) is 0 Å². The van der Waals surface area contributed by atoms with Crippen LogP contribution in [0.4, 0.5) is 0 Å². The Bertz CT molecular complexity index is 320. The van der Waals surface area contributed by atoms with E-state index in [4.69, 9.17) is 5.73 Å². The summed E-state index contributed by atoms with van der Waals surface area (Å²) in [5.74, 6) is 0.759. The van der Waals surface area contributed by atoms with Crippen molar-refractivity contribution in [1.82, 2.24) is 15.3 Å². The van der Waals surface area contributed by atoms with E-state index in [1.54, 1.807) is 24.0 Å². The quantitative estimate of drug-likeness (QED) is 0.741. The molecule has 16 heavy (non-hydrogen) atoms. The summed E-state index contributed by atoms with van der Waals surface area (Å²) in [7, 11) is 0. The Morgan fingerprint density at radius 2 is 2.50 bits per heavy atom. The van der Waals surface area contributed by atoms with Gasteiger partial charge in [-0.1, -0.05) is 0 Å². The van der Waals surface area contributed by atoms with Crippen molar-refractivity contribution >= 4 is 17.7 Å². The van der Waals surface area contributed by atoms with Crippen LogP contribution in [0, 0.1) is 0 Å². The van der Waals surface area contributed by atoms with Crippen LogP contribution >= 0.6 is 11.8 Å². The third-order valence-electron chi connectivity index (χ3n) is 2.06. The standard InChI is InChI=1S/C10H16N4OS/c1-16-5-3-9(11)10(15)13-6-8-2-4-12-7-14-8/h2,4,7,9H,3,5-6,11H2,1H3,(H,13,15)/t9-/m0/s1. The number of thioether (sulfide) groups is 1. The van der Waals surface area contributed by atoms with Crippen LogP contribution in [0.2, 0.25) is 0 Å². The van der Waals surface area contributed by atoms with Crippen LogP contribution in [0.15, 0.2) is 18.6 Å². The predicted molar refractivity (Wildman–Crippen MR) is 64.9 cm³/mol. The predicted octanol–water partition coefficient (Wildman–Crippen LogP) is 0.173. The summed E-state index contributed by atoms with van der Waals surface area (Å²) < 4.78 is 0. The van der Waals surface area contributed by atoms with E-state index in [-0.39, 0.29) is 5.91 Å². The summed E-state index contributed by atoms with van der Waals surface area (Å²) in [6.07, 6.45) is 5.78. The Morgan fingerprint density at radius 3 is 3.12 bits per heavy atom. The summed E-state index contributed by atoms with van der Waals surface area (Å²) in [6, 6.07) is 1.32. The molecular formula is C10H16N4OS. The molecule has 3 N–H and O–H groups in total. The van der Waals surface area contributed by atoms with Crippen LogP contribution in [0.25, 0.3) is 0 Å². The molecule has 0 spiro atoms. The summed E-state index contributed by atoms with van der Waals surface area (Å²) in [5.41, 5.74) is 6.49. The molecule has 1 rings (SSSR count). The second-order valence-electron chi connectivity index (χ2n) is 3.31. The second kappa shape index (κ2) is 7.19. The lowest BCUT2D eigenvalue weighted by atomic mass is 10.2. The maximum Gasteiger partial charge on any atom is 0.237 e. The van der Waals surface area contributed by atoms with E-state index in [2.05, 4.69) is 15.3 Å². The average molecular weight is 240 g/mol. The molecule has 0 fully saturated rings. The number of hydrogen-bond acceptors (Lipinski definition) is 5. The maximum atomic E-state index is 11.5. The highest BCUT2D eigenvalue weighted by molar-refractivity contribution is 7.98. The van der Waals surface area contributed by atoms with Crippen molar-refractivity contribution in [3.05, 3.63) is 24.3 Å². The summed E-state index contributed by atoms with van der Waals surface area (Å²) in [4.78, 5) is 19.3. The number of aromatic nitrogens is 2.